The molecule has 0 aromatic carbocycles. The summed E-state index contributed by atoms with van der Waals surface area (Å²) >= 11 is 0. The van der Waals surface area contributed by atoms with E-state index in [0.717, 1.165) is 38.7 Å². The molecule has 1 aromatic heterocycles. The Bertz CT molecular complexity index is 268. The zero-order valence-corrected chi connectivity index (χ0v) is 7.69. The van der Waals surface area contributed by atoms with Gasteiger partial charge < -0.3 is 9.26 Å². The number of aromatic nitrogens is 2. The molecular weight excluding hydrogens is 170 g/mol. The van der Waals surface area contributed by atoms with Gasteiger partial charge in [0.15, 0.2) is 5.82 Å². The van der Waals surface area contributed by atoms with Crippen LogP contribution in [0, 0.1) is 6.92 Å². The summed E-state index contributed by atoms with van der Waals surface area (Å²) < 4.78 is 10.1. The molecule has 0 aliphatic carbocycles. The monoisotopic (exact) mass is 183 g/mol. The first kappa shape index (κ1) is 8.65. The van der Waals surface area contributed by atoms with E-state index < -0.39 is 0 Å². The van der Waals surface area contributed by atoms with Gasteiger partial charge in [-0.1, -0.05) is 5.16 Å². The Morgan fingerprint density at radius 3 is 2.77 bits per heavy atom. The molecule has 0 amide bonds. The van der Waals surface area contributed by atoms with Crippen molar-refractivity contribution in [2.24, 2.45) is 0 Å². The van der Waals surface area contributed by atoms with Crippen molar-refractivity contribution in [3.8, 4) is 0 Å². The number of nitrogens with zero attached hydrogens (tertiary/aromatic N) is 3. The van der Waals surface area contributed by atoms with Gasteiger partial charge >= 0.3 is 0 Å². The summed E-state index contributed by atoms with van der Waals surface area (Å²) in [5.41, 5.74) is 0. The molecule has 2 heterocycles. The van der Waals surface area contributed by atoms with Crippen LogP contribution in [0.5, 0.6) is 0 Å². The van der Waals surface area contributed by atoms with E-state index in [4.69, 9.17) is 9.26 Å². The lowest BCUT2D eigenvalue weighted by Gasteiger charge is -2.24. The van der Waals surface area contributed by atoms with Gasteiger partial charge in [0.05, 0.1) is 19.8 Å². The van der Waals surface area contributed by atoms with E-state index in [1.54, 1.807) is 6.92 Å². The molecule has 5 heteroatoms. The Kier molecular flexibility index (Phi) is 2.56. The summed E-state index contributed by atoms with van der Waals surface area (Å²) in [5.74, 6) is 1.39. The fourth-order valence-electron chi connectivity index (χ4n) is 1.36. The van der Waals surface area contributed by atoms with Gasteiger partial charge in [-0.2, -0.15) is 4.98 Å². The normalized spacial score (nSPS) is 19.2. The van der Waals surface area contributed by atoms with Crippen molar-refractivity contribution >= 4 is 0 Å². The Morgan fingerprint density at radius 2 is 2.15 bits per heavy atom. The molecule has 1 aliphatic rings. The largest absolute Gasteiger partial charge is 0.379 e. The van der Waals surface area contributed by atoms with Gasteiger partial charge in [0, 0.05) is 20.0 Å². The zero-order chi connectivity index (χ0) is 9.10. The molecule has 0 spiro atoms. The van der Waals surface area contributed by atoms with Crippen molar-refractivity contribution in [3.63, 3.8) is 0 Å². The van der Waals surface area contributed by atoms with Gasteiger partial charge in [0.2, 0.25) is 5.89 Å². The van der Waals surface area contributed by atoms with Crippen molar-refractivity contribution in [3.05, 3.63) is 11.7 Å². The predicted molar refractivity (Wildman–Crippen MR) is 45.1 cm³/mol. The Balaban J connectivity index is 1.89. The first-order valence-corrected chi connectivity index (χ1v) is 4.44. The minimum atomic E-state index is 0.628. The minimum Gasteiger partial charge on any atom is -0.379 e. The van der Waals surface area contributed by atoms with Gasteiger partial charge in [0.1, 0.15) is 0 Å². The van der Waals surface area contributed by atoms with Crippen LogP contribution in [-0.2, 0) is 11.3 Å². The van der Waals surface area contributed by atoms with Gasteiger partial charge in [-0.3, -0.25) is 4.90 Å². The van der Waals surface area contributed by atoms with Gasteiger partial charge in [0.25, 0.3) is 0 Å². The number of aryl methyl sites for hydroxylation is 1. The quantitative estimate of drug-likeness (QED) is 0.656. The van der Waals surface area contributed by atoms with Crippen LogP contribution in [0.4, 0.5) is 0 Å². The molecule has 1 saturated heterocycles. The van der Waals surface area contributed by atoms with Gasteiger partial charge in [-0.05, 0) is 0 Å². The fraction of sp³-hybridized carbons (Fsp3) is 0.750. The van der Waals surface area contributed by atoms with Crippen molar-refractivity contribution in [1.82, 2.24) is 15.0 Å². The van der Waals surface area contributed by atoms with Crippen LogP contribution in [0.1, 0.15) is 11.7 Å². The van der Waals surface area contributed by atoms with E-state index in [1.807, 2.05) is 0 Å². The summed E-state index contributed by atoms with van der Waals surface area (Å²) in [6, 6.07) is 0. The maximum atomic E-state index is 5.24. The number of hydrogen-bond donors (Lipinski definition) is 0. The molecule has 0 radical (unpaired) electrons. The molecular formula is C8H13N3O2. The molecule has 0 unspecified atom stereocenters. The maximum Gasteiger partial charge on any atom is 0.223 e. The van der Waals surface area contributed by atoms with E-state index in [1.165, 1.54) is 0 Å². The third-order valence-corrected chi connectivity index (χ3v) is 2.04. The molecule has 1 aliphatic heterocycles. The van der Waals surface area contributed by atoms with Crippen LogP contribution in [0.15, 0.2) is 4.52 Å². The fourth-order valence-corrected chi connectivity index (χ4v) is 1.36. The smallest absolute Gasteiger partial charge is 0.223 e. The standard InChI is InChI=1S/C8H13N3O2/c1-7-9-8(10-13-7)6-11-2-4-12-5-3-11/h2-6H2,1H3. The minimum absolute atomic E-state index is 0.628. The van der Waals surface area contributed by atoms with E-state index in [-0.39, 0.29) is 0 Å². The number of ether oxygens (including phenoxy) is 1. The molecule has 13 heavy (non-hydrogen) atoms. The van der Waals surface area contributed by atoms with Crippen LogP contribution in [-0.4, -0.2) is 41.3 Å². The molecule has 1 fully saturated rings. The number of morpholine rings is 1. The number of rotatable bonds is 2. The highest BCUT2D eigenvalue weighted by Gasteiger charge is 2.13. The van der Waals surface area contributed by atoms with Crippen molar-refractivity contribution in [2.75, 3.05) is 26.3 Å². The molecule has 0 saturated carbocycles. The lowest BCUT2D eigenvalue weighted by atomic mass is 10.4. The highest BCUT2D eigenvalue weighted by molar-refractivity contribution is 4.84. The third kappa shape index (κ3) is 2.26. The van der Waals surface area contributed by atoms with Crippen LogP contribution in [0.25, 0.3) is 0 Å². The summed E-state index contributed by atoms with van der Waals surface area (Å²) in [4.78, 5) is 6.40. The predicted octanol–water partition coefficient (Wildman–Crippen LogP) is 0.210. The second-order valence-corrected chi connectivity index (χ2v) is 3.12. The molecule has 1 aromatic rings. The second-order valence-electron chi connectivity index (χ2n) is 3.12. The van der Waals surface area contributed by atoms with Crippen molar-refractivity contribution in [1.29, 1.82) is 0 Å². The Morgan fingerprint density at radius 1 is 1.38 bits per heavy atom. The van der Waals surface area contributed by atoms with Crippen LogP contribution in [0.2, 0.25) is 0 Å². The number of hydrogen-bond acceptors (Lipinski definition) is 5. The highest BCUT2D eigenvalue weighted by atomic mass is 16.5. The summed E-state index contributed by atoms with van der Waals surface area (Å²) in [7, 11) is 0. The average Bonchev–Trinajstić information content (AvgIpc) is 2.53. The van der Waals surface area contributed by atoms with Crippen molar-refractivity contribution < 1.29 is 9.26 Å². The van der Waals surface area contributed by atoms with E-state index in [9.17, 15) is 0 Å². The second kappa shape index (κ2) is 3.85. The molecule has 0 atom stereocenters. The lowest BCUT2D eigenvalue weighted by Crippen LogP contribution is -2.35. The maximum absolute atomic E-state index is 5.24. The summed E-state index contributed by atoms with van der Waals surface area (Å²) in [6.45, 7) is 6.07. The van der Waals surface area contributed by atoms with Gasteiger partial charge in [-0.15, -0.1) is 0 Å². The highest BCUT2D eigenvalue weighted by Crippen LogP contribution is 2.03. The first-order valence-electron chi connectivity index (χ1n) is 4.44. The van der Waals surface area contributed by atoms with E-state index in [0.29, 0.717) is 5.89 Å². The van der Waals surface area contributed by atoms with Gasteiger partial charge in [-0.25, -0.2) is 0 Å². The summed E-state index contributed by atoms with van der Waals surface area (Å²) in [6.07, 6.45) is 0. The SMILES string of the molecule is Cc1nc(CN2CCOCC2)no1. The molecule has 0 N–H and O–H groups in total. The molecule has 2 rings (SSSR count). The molecule has 5 nitrogen and oxygen atoms in total. The topological polar surface area (TPSA) is 51.4 Å². The van der Waals surface area contributed by atoms with E-state index in [2.05, 4.69) is 15.0 Å². The van der Waals surface area contributed by atoms with Crippen LogP contribution < -0.4 is 0 Å². The van der Waals surface area contributed by atoms with Crippen LogP contribution >= 0.6 is 0 Å². The molecule has 72 valence electrons. The average molecular weight is 183 g/mol. The van der Waals surface area contributed by atoms with E-state index >= 15 is 0 Å². The Hall–Kier alpha value is -0.940. The third-order valence-electron chi connectivity index (χ3n) is 2.04. The summed E-state index contributed by atoms with van der Waals surface area (Å²) in [5, 5.41) is 3.84. The first-order chi connectivity index (χ1) is 6.34. The van der Waals surface area contributed by atoms with Crippen molar-refractivity contribution in [2.45, 2.75) is 13.5 Å². The Labute approximate surface area is 76.7 Å². The van der Waals surface area contributed by atoms with Crippen LogP contribution in [0.3, 0.4) is 0 Å². The lowest BCUT2D eigenvalue weighted by molar-refractivity contribution is 0.0327. The zero-order valence-electron chi connectivity index (χ0n) is 7.69. The molecule has 0 bridgehead atoms.